The van der Waals surface area contributed by atoms with E-state index in [0.717, 1.165) is 5.69 Å². The lowest BCUT2D eigenvalue weighted by Crippen LogP contribution is -2.54. The van der Waals surface area contributed by atoms with Crippen molar-refractivity contribution in [2.24, 2.45) is 11.3 Å². The molecule has 2 aliphatic rings. The summed E-state index contributed by atoms with van der Waals surface area (Å²) in [5.41, 5.74) is 0.0954. The highest BCUT2D eigenvalue weighted by molar-refractivity contribution is 7.13. The van der Waals surface area contributed by atoms with Gasteiger partial charge in [-0.3, -0.25) is 9.59 Å². The Balaban J connectivity index is 1.35. The highest BCUT2D eigenvalue weighted by atomic mass is 32.1. The fourth-order valence-electron chi connectivity index (χ4n) is 5.59. The SMILES string of the molecule is Cc1cn(-c2ccc3n(c2=O)CC(C)N(Cc2csc(N4CCCC(C(C)C)(C(F)(F)F)C4)n2)C3=O)cn1. The second-order valence-corrected chi connectivity index (χ2v) is 11.5. The lowest BCUT2D eigenvalue weighted by Gasteiger charge is -2.46. The van der Waals surface area contributed by atoms with Crippen LogP contribution in [-0.4, -0.2) is 55.2 Å². The van der Waals surface area contributed by atoms with Crippen LogP contribution >= 0.6 is 11.3 Å². The number of carbonyl (C=O) groups excluding carboxylic acids is 1. The molecule has 12 heteroatoms. The van der Waals surface area contributed by atoms with Gasteiger partial charge in [0.15, 0.2) is 5.13 Å². The van der Waals surface area contributed by atoms with Gasteiger partial charge in [0.05, 0.1) is 29.7 Å². The predicted octanol–water partition coefficient (Wildman–Crippen LogP) is 4.65. The molecule has 0 aromatic carbocycles. The Morgan fingerprint density at radius 1 is 1.24 bits per heavy atom. The molecule has 204 valence electrons. The molecular formula is C26H31F3N6O2S. The van der Waals surface area contributed by atoms with E-state index in [0.29, 0.717) is 41.7 Å². The molecule has 0 saturated carbocycles. The lowest BCUT2D eigenvalue weighted by atomic mass is 9.70. The molecule has 0 bridgehead atoms. The van der Waals surface area contributed by atoms with E-state index in [1.807, 2.05) is 13.8 Å². The van der Waals surface area contributed by atoms with Crippen molar-refractivity contribution in [3.63, 3.8) is 0 Å². The number of hydrogen-bond donors (Lipinski definition) is 0. The Labute approximate surface area is 222 Å². The minimum Gasteiger partial charge on any atom is -0.347 e. The molecule has 0 spiro atoms. The van der Waals surface area contributed by atoms with E-state index < -0.39 is 17.5 Å². The normalized spacial score (nSPS) is 22.3. The van der Waals surface area contributed by atoms with Crippen LogP contribution in [0.4, 0.5) is 18.3 Å². The summed E-state index contributed by atoms with van der Waals surface area (Å²) in [6.45, 7) is 7.93. The van der Waals surface area contributed by atoms with Crippen LogP contribution in [0.2, 0.25) is 0 Å². The summed E-state index contributed by atoms with van der Waals surface area (Å²) in [4.78, 5) is 38.8. The molecule has 0 N–H and O–H groups in total. The molecule has 2 unspecified atom stereocenters. The Morgan fingerprint density at radius 3 is 2.66 bits per heavy atom. The molecule has 2 atom stereocenters. The van der Waals surface area contributed by atoms with Gasteiger partial charge >= 0.3 is 6.18 Å². The number of rotatable bonds is 5. The molecule has 1 saturated heterocycles. The highest BCUT2D eigenvalue weighted by Gasteiger charge is 2.58. The van der Waals surface area contributed by atoms with E-state index in [9.17, 15) is 22.8 Å². The summed E-state index contributed by atoms with van der Waals surface area (Å²) in [5.74, 6) is -0.823. The number of imidazole rings is 1. The Morgan fingerprint density at radius 2 is 2.00 bits per heavy atom. The Hall–Kier alpha value is -3.15. The van der Waals surface area contributed by atoms with Gasteiger partial charge in [0.25, 0.3) is 11.5 Å². The lowest BCUT2D eigenvalue weighted by molar-refractivity contribution is -0.242. The fourth-order valence-corrected chi connectivity index (χ4v) is 6.43. The third-order valence-electron chi connectivity index (χ3n) is 7.94. The first kappa shape index (κ1) is 26.5. The van der Waals surface area contributed by atoms with Crippen molar-refractivity contribution in [1.82, 2.24) is 24.0 Å². The van der Waals surface area contributed by atoms with Gasteiger partial charge in [-0.15, -0.1) is 11.3 Å². The first-order valence-corrected chi connectivity index (χ1v) is 13.6. The van der Waals surface area contributed by atoms with Crippen molar-refractivity contribution in [1.29, 1.82) is 0 Å². The molecular weight excluding hydrogens is 517 g/mol. The molecule has 5 heterocycles. The zero-order chi connectivity index (χ0) is 27.4. The van der Waals surface area contributed by atoms with Gasteiger partial charge in [0, 0.05) is 37.3 Å². The van der Waals surface area contributed by atoms with Gasteiger partial charge < -0.3 is 18.9 Å². The van der Waals surface area contributed by atoms with Gasteiger partial charge in [-0.25, -0.2) is 9.97 Å². The summed E-state index contributed by atoms with van der Waals surface area (Å²) in [7, 11) is 0. The van der Waals surface area contributed by atoms with E-state index in [-0.39, 0.29) is 37.0 Å². The van der Waals surface area contributed by atoms with E-state index in [4.69, 9.17) is 0 Å². The monoisotopic (exact) mass is 548 g/mol. The number of piperidine rings is 1. The standard InChI is InChI=1S/C26H31F3N6O2S/c1-16(2)25(26(27,28)29)8-5-9-32(14-25)24-31-19(13-38-24)12-34-18(4)11-35-21(23(34)37)7-6-20(22(35)36)33-10-17(3)30-15-33/h6-7,10,13,15-16,18H,5,8-9,11-12,14H2,1-4H3. The summed E-state index contributed by atoms with van der Waals surface area (Å²) < 4.78 is 45.4. The fraction of sp³-hybridized carbons (Fsp3) is 0.538. The predicted molar refractivity (Wildman–Crippen MR) is 139 cm³/mol. The van der Waals surface area contributed by atoms with Crippen LogP contribution < -0.4 is 10.5 Å². The van der Waals surface area contributed by atoms with E-state index in [1.165, 1.54) is 15.9 Å². The van der Waals surface area contributed by atoms with Gasteiger partial charge in [0.1, 0.15) is 11.4 Å². The quantitative estimate of drug-likeness (QED) is 0.464. The van der Waals surface area contributed by atoms with Crippen LogP contribution in [0.3, 0.4) is 0 Å². The number of thiazole rings is 1. The van der Waals surface area contributed by atoms with Gasteiger partial charge in [-0.05, 0) is 44.7 Å². The number of nitrogens with zero attached hydrogens (tertiary/aromatic N) is 6. The third-order valence-corrected chi connectivity index (χ3v) is 8.89. The number of carbonyl (C=O) groups is 1. The number of aromatic nitrogens is 4. The third kappa shape index (κ3) is 4.42. The summed E-state index contributed by atoms with van der Waals surface area (Å²) in [6.07, 6.45) is -0.407. The number of pyridine rings is 1. The number of alkyl halides is 3. The number of hydrogen-bond acceptors (Lipinski definition) is 6. The van der Waals surface area contributed by atoms with Gasteiger partial charge in [-0.2, -0.15) is 13.2 Å². The minimum atomic E-state index is -4.29. The van der Waals surface area contributed by atoms with Crippen molar-refractivity contribution in [3.05, 3.63) is 57.5 Å². The number of halogens is 3. The summed E-state index contributed by atoms with van der Waals surface area (Å²) >= 11 is 1.31. The van der Waals surface area contributed by atoms with Gasteiger partial charge in [0.2, 0.25) is 0 Å². The molecule has 3 aromatic heterocycles. The number of anilines is 1. The van der Waals surface area contributed by atoms with Crippen LogP contribution in [0, 0.1) is 18.3 Å². The van der Waals surface area contributed by atoms with Crippen LogP contribution in [-0.2, 0) is 13.1 Å². The topological polar surface area (TPSA) is 76.3 Å². The maximum atomic E-state index is 14.1. The second kappa shape index (κ2) is 9.55. The number of amides is 1. The smallest absolute Gasteiger partial charge is 0.347 e. The maximum Gasteiger partial charge on any atom is 0.396 e. The molecule has 2 aliphatic heterocycles. The molecule has 5 rings (SSSR count). The Kier molecular flexibility index (Phi) is 6.65. The summed E-state index contributed by atoms with van der Waals surface area (Å²) in [6, 6.07) is 3.00. The van der Waals surface area contributed by atoms with Gasteiger partial charge in [-0.1, -0.05) is 13.8 Å². The van der Waals surface area contributed by atoms with Crippen LogP contribution in [0.1, 0.15) is 55.5 Å². The number of aryl methyl sites for hydroxylation is 1. The zero-order valence-corrected chi connectivity index (χ0v) is 22.6. The maximum absolute atomic E-state index is 14.1. The first-order chi connectivity index (χ1) is 17.9. The van der Waals surface area contributed by atoms with Crippen molar-refractivity contribution in [2.75, 3.05) is 18.0 Å². The van der Waals surface area contributed by atoms with Crippen molar-refractivity contribution < 1.29 is 18.0 Å². The molecule has 0 radical (unpaired) electrons. The molecule has 3 aromatic rings. The average Bonchev–Trinajstić information content (AvgIpc) is 3.51. The van der Waals surface area contributed by atoms with Crippen LogP contribution in [0.25, 0.3) is 5.69 Å². The highest BCUT2D eigenvalue weighted by Crippen LogP contribution is 2.50. The number of fused-ring (bicyclic) bond motifs is 1. The molecule has 1 fully saturated rings. The van der Waals surface area contributed by atoms with Crippen molar-refractivity contribution in [3.8, 4) is 5.69 Å². The Bertz CT molecular complexity index is 1410. The second-order valence-electron chi connectivity index (χ2n) is 10.7. The van der Waals surface area contributed by atoms with E-state index >= 15 is 0 Å². The molecule has 8 nitrogen and oxygen atoms in total. The van der Waals surface area contributed by atoms with E-state index in [1.54, 1.807) is 58.3 Å². The van der Waals surface area contributed by atoms with Crippen LogP contribution in [0.5, 0.6) is 0 Å². The molecule has 38 heavy (non-hydrogen) atoms. The average molecular weight is 549 g/mol. The molecule has 1 amide bonds. The van der Waals surface area contributed by atoms with Crippen molar-refractivity contribution in [2.45, 2.75) is 65.8 Å². The van der Waals surface area contributed by atoms with E-state index in [2.05, 4.69) is 9.97 Å². The molecule has 0 aliphatic carbocycles. The largest absolute Gasteiger partial charge is 0.396 e. The van der Waals surface area contributed by atoms with Crippen molar-refractivity contribution >= 4 is 22.4 Å². The zero-order valence-electron chi connectivity index (χ0n) is 21.8. The first-order valence-electron chi connectivity index (χ1n) is 12.7. The summed E-state index contributed by atoms with van der Waals surface area (Å²) in [5, 5.41) is 2.35. The minimum absolute atomic E-state index is 0.115. The van der Waals surface area contributed by atoms with Crippen LogP contribution in [0.15, 0.2) is 34.8 Å².